The first-order valence-electron chi connectivity index (χ1n) is 10.1. The molecule has 0 saturated carbocycles. The highest BCUT2D eigenvalue weighted by atomic mass is 16.2. The molecule has 9 heteroatoms. The molecule has 164 valence electrons. The number of nitrogens with two attached hydrogens (primary N) is 1. The van der Waals surface area contributed by atoms with Crippen molar-refractivity contribution in [2.24, 2.45) is 5.73 Å². The third-order valence-corrected chi connectivity index (χ3v) is 5.44. The lowest BCUT2D eigenvalue weighted by molar-refractivity contribution is -0.135. The normalized spacial score (nSPS) is 16.9. The minimum atomic E-state index is -0.934. The summed E-state index contributed by atoms with van der Waals surface area (Å²) in [7, 11) is 1.97. The van der Waals surface area contributed by atoms with E-state index in [1.807, 2.05) is 37.4 Å². The van der Waals surface area contributed by atoms with E-state index in [0.717, 1.165) is 5.56 Å². The van der Waals surface area contributed by atoms with E-state index < -0.39 is 29.3 Å². The molecule has 1 fully saturated rings. The summed E-state index contributed by atoms with van der Waals surface area (Å²) in [4.78, 5) is 51.2. The Kier molecular flexibility index (Phi) is 8.49. The summed E-state index contributed by atoms with van der Waals surface area (Å²) in [5.41, 5.74) is 5.15. The van der Waals surface area contributed by atoms with E-state index in [-0.39, 0.29) is 25.3 Å². The van der Waals surface area contributed by atoms with Gasteiger partial charge in [-0.15, -0.1) is 0 Å². The van der Waals surface area contributed by atoms with Crippen LogP contribution in [0.2, 0.25) is 0 Å². The molecule has 30 heavy (non-hydrogen) atoms. The fourth-order valence-electron chi connectivity index (χ4n) is 3.44. The van der Waals surface area contributed by atoms with Crippen molar-refractivity contribution in [2.75, 3.05) is 33.2 Å². The van der Waals surface area contributed by atoms with E-state index in [1.54, 1.807) is 0 Å². The number of benzene rings is 1. The molecule has 2 rings (SSSR count). The Bertz CT molecular complexity index is 760. The van der Waals surface area contributed by atoms with Gasteiger partial charge >= 0.3 is 0 Å². The maximum Gasteiger partial charge on any atom is 0.243 e. The number of carbonyl (C=O) groups excluding carboxylic acids is 4. The smallest absolute Gasteiger partial charge is 0.243 e. The van der Waals surface area contributed by atoms with Crippen molar-refractivity contribution in [2.45, 2.75) is 37.8 Å². The number of nitrogens with one attached hydrogen (secondary N) is 3. The van der Waals surface area contributed by atoms with Gasteiger partial charge in [-0.2, -0.15) is 0 Å². The molecule has 0 aliphatic carbocycles. The Labute approximate surface area is 176 Å². The van der Waals surface area contributed by atoms with Crippen LogP contribution in [0.1, 0.15) is 25.3 Å². The van der Waals surface area contributed by atoms with Crippen molar-refractivity contribution in [1.82, 2.24) is 20.9 Å². The molecule has 9 nitrogen and oxygen atoms in total. The average Bonchev–Trinajstić information content (AvgIpc) is 2.73. The Morgan fingerprint density at radius 1 is 1.10 bits per heavy atom. The van der Waals surface area contributed by atoms with E-state index in [4.69, 9.17) is 5.73 Å². The van der Waals surface area contributed by atoms with Crippen LogP contribution >= 0.6 is 0 Å². The Hall–Kier alpha value is -2.78. The van der Waals surface area contributed by atoms with E-state index in [1.165, 1.54) is 6.92 Å². The van der Waals surface area contributed by atoms with Crippen LogP contribution in [0.5, 0.6) is 0 Å². The molecule has 1 aromatic carbocycles. The number of amides is 3. The van der Waals surface area contributed by atoms with Gasteiger partial charge in [0, 0.05) is 19.5 Å². The predicted octanol–water partition coefficient (Wildman–Crippen LogP) is -1.04. The first kappa shape index (κ1) is 23.5. The topological polar surface area (TPSA) is 134 Å². The molecule has 5 N–H and O–H groups in total. The molecule has 0 spiro atoms. The van der Waals surface area contributed by atoms with Gasteiger partial charge in [-0.05, 0) is 32.4 Å². The molecule has 1 aliphatic heterocycles. The Balaban J connectivity index is 2.13. The number of rotatable bonds is 9. The highest BCUT2D eigenvalue weighted by Crippen LogP contribution is 2.23. The molecule has 1 atom stereocenters. The molecular formula is C21H31N5O4. The number of hydrogen-bond donors (Lipinski definition) is 4. The summed E-state index contributed by atoms with van der Waals surface area (Å²) in [5, 5.41) is 7.97. The fourth-order valence-corrected chi connectivity index (χ4v) is 3.44. The summed E-state index contributed by atoms with van der Waals surface area (Å²) >= 11 is 0. The monoisotopic (exact) mass is 417 g/mol. The van der Waals surface area contributed by atoms with Crippen LogP contribution in [0.25, 0.3) is 0 Å². The fraction of sp³-hybridized carbons (Fsp3) is 0.524. The number of ketones is 1. The number of hydrogen-bond acceptors (Lipinski definition) is 6. The van der Waals surface area contributed by atoms with Crippen molar-refractivity contribution < 1.29 is 19.2 Å². The van der Waals surface area contributed by atoms with Gasteiger partial charge in [-0.25, -0.2) is 0 Å². The van der Waals surface area contributed by atoms with Crippen molar-refractivity contribution >= 4 is 23.5 Å². The third kappa shape index (κ3) is 6.64. The molecule has 1 heterocycles. The molecule has 0 aromatic heterocycles. The minimum Gasteiger partial charge on any atom is -0.346 e. The molecule has 0 radical (unpaired) electrons. The van der Waals surface area contributed by atoms with Crippen LogP contribution in [-0.4, -0.2) is 73.2 Å². The van der Waals surface area contributed by atoms with Gasteiger partial charge < -0.3 is 26.6 Å². The van der Waals surface area contributed by atoms with Crippen molar-refractivity contribution in [3.8, 4) is 0 Å². The van der Waals surface area contributed by atoms with E-state index in [0.29, 0.717) is 25.9 Å². The lowest BCUT2D eigenvalue weighted by Crippen LogP contribution is -2.62. The largest absolute Gasteiger partial charge is 0.346 e. The molecule has 0 unspecified atom stereocenters. The molecule has 1 aliphatic rings. The highest BCUT2D eigenvalue weighted by molar-refractivity contribution is 5.95. The van der Waals surface area contributed by atoms with Crippen LogP contribution in [0.3, 0.4) is 0 Å². The SMILES string of the molecule is CC(=O)C1(NC(=O)[C@H](Cc2ccccc2)NC(=O)CNC(=O)CN)CCN(C)CC1. The van der Waals surface area contributed by atoms with E-state index in [9.17, 15) is 19.2 Å². The van der Waals surface area contributed by atoms with Gasteiger partial charge in [0.2, 0.25) is 17.7 Å². The van der Waals surface area contributed by atoms with Gasteiger partial charge in [-0.1, -0.05) is 30.3 Å². The van der Waals surface area contributed by atoms with Crippen LogP contribution in [-0.2, 0) is 25.6 Å². The third-order valence-electron chi connectivity index (χ3n) is 5.44. The van der Waals surface area contributed by atoms with Crippen LogP contribution in [0, 0.1) is 0 Å². The van der Waals surface area contributed by atoms with Gasteiger partial charge in [0.05, 0.1) is 13.1 Å². The lowest BCUT2D eigenvalue weighted by atomic mass is 9.83. The summed E-state index contributed by atoms with van der Waals surface area (Å²) in [5.74, 6) is -1.48. The maximum atomic E-state index is 13.1. The van der Waals surface area contributed by atoms with Crippen molar-refractivity contribution in [1.29, 1.82) is 0 Å². The summed E-state index contributed by atoms with van der Waals surface area (Å²) in [6.07, 6.45) is 1.30. The summed E-state index contributed by atoms with van der Waals surface area (Å²) in [6.45, 7) is 2.37. The Morgan fingerprint density at radius 3 is 2.30 bits per heavy atom. The summed E-state index contributed by atoms with van der Waals surface area (Å²) in [6, 6.07) is 8.40. The van der Waals surface area contributed by atoms with Gasteiger partial charge in [0.1, 0.15) is 11.6 Å². The molecule has 1 aromatic rings. The second-order valence-electron chi connectivity index (χ2n) is 7.72. The highest BCUT2D eigenvalue weighted by Gasteiger charge is 2.40. The summed E-state index contributed by atoms with van der Waals surface area (Å²) < 4.78 is 0. The lowest BCUT2D eigenvalue weighted by Gasteiger charge is -2.40. The number of nitrogens with zero attached hydrogens (tertiary/aromatic N) is 1. The number of piperidine rings is 1. The zero-order chi connectivity index (χ0) is 22.1. The zero-order valence-electron chi connectivity index (χ0n) is 17.6. The maximum absolute atomic E-state index is 13.1. The van der Waals surface area contributed by atoms with Gasteiger partial charge in [0.15, 0.2) is 5.78 Å². The quantitative estimate of drug-likeness (QED) is 0.406. The molecule has 3 amide bonds. The number of carbonyl (C=O) groups is 4. The predicted molar refractivity (Wildman–Crippen MR) is 112 cm³/mol. The van der Waals surface area contributed by atoms with E-state index in [2.05, 4.69) is 20.9 Å². The first-order chi connectivity index (χ1) is 14.3. The number of likely N-dealkylation sites (tertiary alicyclic amines) is 1. The molecule has 0 bridgehead atoms. The average molecular weight is 418 g/mol. The number of Topliss-reactive ketones (excluding diaryl/α,β-unsaturated/α-hetero) is 1. The van der Waals surface area contributed by atoms with Gasteiger partial charge in [-0.3, -0.25) is 19.2 Å². The van der Waals surface area contributed by atoms with Crippen molar-refractivity contribution in [3.63, 3.8) is 0 Å². The molecular weight excluding hydrogens is 386 g/mol. The standard InChI is InChI=1S/C21H31N5O4/c1-15(27)21(8-10-26(2)11-9-21)25-20(30)17(12-16-6-4-3-5-7-16)24-19(29)14-23-18(28)13-22/h3-7,17H,8-14,22H2,1-2H3,(H,23,28)(H,24,29)(H,25,30)/t17-/m0/s1. The van der Waals surface area contributed by atoms with Crippen LogP contribution in [0.4, 0.5) is 0 Å². The second-order valence-corrected chi connectivity index (χ2v) is 7.72. The minimum absolute atomic E-state index is 0.0936. The van der Waals surface area contributed by atoms with E-state index >= 15 is 0 Å². The van der Waals surface area contributed by atoms with Crippen LogP contribution < -0.4 is 21.7 Å². The Morgan fingerprint density at radius 2 is 1.73 bits per heavy atom. The second kappa shape index (κ2) is 10.8. The molecule has 1 saturated heterocycles. The zero-order valence-corrected chi connectivity index (χ0v) is 17.6. The van der Waals surface area contributed by atoms with Gasteiger partial charge in [0.25, 0.3) is 0 Å². The first-order valence-corrected chi connectivity index (χ1v) is 10.1. The van der Waals surface area contributed by atoms with Crippen LogP contribution in [0.15, 0.2) is 30.3 Å². The van der Waals surface area contributed by atoms with Crippen molar-refractivity contribution in [3.05, 3.63) is 35.9 Å².